The predicted molar refractivity (Wildman–Crippen MR) is 203 cm³/mol. The molecule has 2 aromatic rings. The molecule has 2 aromatic carbocycles. The summed E-state index contributed by atoms with van der Waals surface area (Å²) in [5, 5.41) is 0.778. The van der Waals surface area contributed by atoms with Gasteiger partial charge >= 0.3 is 0 Å². The van der Waals surface area contributed by atoms with E-state index in [0.717, 1.165) is 63.8 Å². The van der Waals surface area contributed by atoms with Crippen molar-refractivity contribution in [2.45, 2.75) is 118 Å². The SMILES string of the molecule is CC(C)CCC[C@@H](C)[C@H]1CCC2C3CCC4CC(Oc5ccc(C=CC(=O)c6ccc(OCCBr)cc6)cc5)CC[C@]4(C)C3CC[C@@]21C. The third-order valence-corrected chi connectivity index (χ3v) is 14.2. The summed E-state index contributed by atoms with van der Waals surface area (Å²) in [7, 11) is 0. The van der Waals surface area contributed by atoms with Crippen LogP contribution in [0.3, 0.4) is 0 Å². The topological polar surface area (TPSA) is 35.5 Å². The minimum atomic E-state index is -0.00987. The van der Waals surface area contributed by atoms with Crippen molar-refractivity contribution in [3.63, 3.8) is 0 Å². The molecule has 3 nitrogen and oxygen atoms in total. The lowest BCUT2D eigenvalue weighted by Crippen LogP contribution is -2.54. The second kappa shape index (κ2) is 15.4. The Morgan fingerprint density at radius 1 is 0.854 bits per heavy atom. The molecule has 262 valence electrons. The van der Waals surface area contributed by atoms with Crippen LogP contribution in [0, 0.1) is 52.3 Å². The van der Waals surface area contributed by atoms with Gasteiger partial charge < -0.3 is 9.47 Å². The standard InChI is InChI=1S/C44H61BrO3/c1-30(2)7-6-8-31(3)39-20-21-40-38-19-14-34-29-37(23-25-43(34,4)41(38)24-26-44(39,40)5)48-36-15-9-32(10-16-36)11-22-42(46)33-12-17-35(18-13-33)47-28-27-45/h9-13,15-18,22,30-31,34,37-41H,6-8,14,19-21,23-29H2,1-5H3/t31-,34?,37?,38?,39-,40?,41?,43+,44-/m1/s1. The molecule has 4 heteroatoms. The summed E-state index contributed by atoms with van der Waals surface area (Å²) in [6.45, 7) is 13.4. The van der Waals surface area contributed by atoms with Gasteiger partial charge in [-0.2, -0.15) is 0 Å². The molecule has 4 aliphatic carbocycles. The fourth-order valence-corrected chi connectivity index (χ4v) is 11.5. The summed E-state index contributed by atoms with van der Waals surface area (Å²) < 4.78 is 12.2. The third kappa shape index (κ3) is 7.64. The fraction of sp³-hybridized carbons (Fsp3) is 0.659. The van der Waals surface area contributed by atoms with Gasteiger partial charge in [-0.1, -0.05) is 88.0 Å². The summed E-state index contributed by atoms with van der Waals surface area (Å²) in [5.41, 5.74) is 2.72. The zero-order valence-corrected chi connectivity index (χ0v) is 32.0. The van der Waals surface area contributed by atoms with Gasteiger partial charge in [0, 0.05) is 10.9 Å². The van der Waals surface area contributed by atoms with Crippen LogP contribution in [0.1, 0.15) is 128 Å². The van der Waals surface area contributed by atoms with Gasteiger partial charge in [0.1, 0.15) is 11.5 Å². The highest BCUT2D eigenvalue weighted by molar-refractivity contribution is 9.09. The molecule has 0 heterocycles. The summed E-state index contributed by atoms with van der Waals surface area (Å²) in [5.74, 6) is 7.96. The van der Waals surface area contributed by atoms with E-state index in [1.165, 1.54) is 77.0 Å². The third-order valence-electron chi connectivity index (χ3n) is 13.9. The first-order valence-corrected chi connectivity index (χ1v) is 20.5. The molecule has 5 unspecified atom stereocenters. The Kier molecular flexibility index (Phi) is 11.5. The molecule has 4 saturated carbocycles. The summed E-state index contributed by atoms with van der Waals surface area (Å²) >= 11 is 3.36. The molecule has 0 saturated heterocycles. The van der Waals surface area contributed by atoms with Crippen molar-refractivity contribution in [2.75, 3.05) is 11.9 Å². The van der Waals surface area contributed by atoms with Crippen LogP contribution >= 0.6 is 15.9 Å². The van der Waals surface area contributed by atoms with Gasteiger partial charge in [0.05, 0.1) is 12.7 Å². The van der Waals surface area contributed by atoms with Crippen molar-refractivity contribution in [1.29, 1.82) is 0 Å². The molecule has 0 N–H and O–H groups in total. The number of carbonyl (C=O) groups is 1. The number of halogens is 1. The smallest absolute Gasteiger partial charge is 0.185 e. The van der Waals surface area contributed by atoms with Crippen molar-refractivity contribution >= 4 is 27.8 Å². The molecule has 0 bridgehead atoms. The highest BCUT2D eigenvalue weighted by atomic mass is 79.9. The molecule has 4 aliphatic rings. The highest BCUT2D eigenvalue weighted by Crippen LogP contribution is 2.68. The Balaban J connectivity index is 1.01. The number of hydrogen-bond donors (Lipinski definition) is 0. The molecule has 0 aliphatic heterocycles. The lowest BCUT2D eigenvalue weighted by Gasteiger charge is -2.61. The first-order valence-electron chi connectivity index (χ1n) is 19.4. The van der Waals surface area contributed by atoms with E-state index in [1.807, 2.05) is 30.3 Å². The minimum absolute atomic E-state index is 0.00987. The van der Waals surface area contributed by atoms with E-state index in [0.29, 0.717) is 29.1 Å². The molecular formula is C44H61BrO3. The number of ketones is 1. The van der Waals surface area contributed by atoms with E-state index in [-0.39, 0.29) is 5.78 Å². The van der Waals surface area contributed by atoms with Gasteiger partial charge in [0.15, 0.2) is 5.78 Å². The van der Waals surface area contributed by atoms with E-state index in [1.54, 1.807) is 6.08 Å². The molecule has 0 amide bonds. The Morgan fingerprint density at radius 2 is 1.56 bits per heavy atom. The van der Waals surface area contributed by atoms with E-state index in [9.17, 15) is 4.79 Å². The van der Waals surface area contributed by atoms with E-state index in [2.05, 4.69) is 74.8 Å². The van der Waals surface area contributed by atoms with E-state index >= 15 is 0 Å². The van der Waals surface area contributed by atoms with Gasteiger partial charge in [0.2, 0.25) is 0 Å². The maximum Gasteiger partial charge on any atom is 0.185 e. The van der Waals surface area contributed by atoms with Gasteiger partial charge in [-0.25, -0.2) is 0 Å². The van der Waals surface area contributed by atoms with Crippen LogP contribution in [0.2, 0.25) is 0 Å². The van der Waals surface area contributed by atoms with Crippen molar-refractivity contribution in [1.82, 2.24) is 0 Å². The number of carbonyl (C=O) groups excluding carboxylic acids is 1. The van der Waals surface area contributed by atoms with Gasteiger partial charge in [-0.05, 0) is 158 Å². The van der Waals surface area contributed by atoms with Crippen molar-refractivity contribution < 1.29 is 14.3 Å². The number of fused-ring (bicyclic) bond motifs is 5. The van der Waals surface area contributed by atoms with Crippen LogP contribution in [0.4, 0.5) is 0 Å². The van der Waals surface area contributed by atoms with Crippen molar-refractivity contribution in [2.24, 2.45) is 52.3 Å². The number of hydrogen-bond acceptors (Lipinski definition) is 3. The van der Waals surface area contributed by atoms with Crippen LogP contribution in [0.5, 0.6) is 11.5 Å². The fourth-order valence-electron chi connectivity index (χ4n) is 11.3. The van der Waals surface area contributed by atoms with E-state index < -0.39 is 0 Å². The monoisotopic (exact) mass is 716 g/mol. The van der Waals surface area contributed by atoms with Crippen molar-refractivity contribution in [3.8, 4) is 11.5 Å². The first-order chi connectivity index (χ1) is 23.1. The normalized spacial score (nSPS) is 33.6. The Labute approximate surface area is 300 Å². The van der Waals surface area contributed by atoms with Crippen LogP contribution in [0.15, 0.2) is 54.6 Å². The number of alkyl halides is 1. The number of allylic oxidation sites excluding steroid dienone is 1. The number of rotatable bonds is 13. The molecular weight excluding hydrogens is 656 g/mol. The molecule has 0 aromatic heterocycles. The van der Waals surface area contributed by atoms with E-state index in [4.69, 9.17) is 9.47 Å². The quantitative estimate of drug-likeness (QED) is 0.118. The van der Waals surface area contributed by atoms with Gasteiger partial charge in [-0.15, -0.1) is 0 Å². The van der Waals surface area contributed by atoms with Crippen LogP contribution < -0.4 is 9.47 Å². The average Bonchev–Trinajstić information content (AvgIpc) is 3.44. The molecule has 6 rings (SSSR count). The highest BCUT2D eigenvalue weighted by Gasteiger charge is 2.60. The zero-order valence-electron chi connectivity index (χ0n) is 30.4. The first kappa shape index (κ1) is 35.7. The Hall–Kier alpha value is -2.07. The predicted octanol–water partition coefficient (Wildman–Crippen LogP) is 12.2. The minimum Gasteiger partial charge on any atom is -0.493 e. The van der Waals surface area contributed by atoms with Crippen LogP contribution in [-0.2, 0) is 0 Å². The van der Waals surface area contributed by atoms with Crippen LogP contribution in [0.25, 0.3) is 6.08 Å². The second-order valence-electron chi connectivity index (χ2n) is 17.0. The summed E-state index contributed by atoms with van der Waals surface area (Å²) in [6.07, 6.45) is 20.5. The molecule has 4 fully saturated rings. The Bertz CT molecular complexity index is 1380. The lowest BCUT2D eigenvalue weighted by molar-refractivity contribution is -0.126. The van der Waals surface area contributed by atoms with Crippen LogP contribution in [-0.4, -0.2) is 23.8 Å². The molecule has 48 heavy (non-hydrogen) atoms. The van der Waals surface area contributed by atoms with Gasteiger partial charge in [-0.3, -0.25) is 4.79 Å². The lowest BCUT2D eigenvalue weighted by atomic mass is 9.44. The summed E-state index contributed by atoms with van der Waals surface area (Å²) in [6, 6.07) is 15.6. The molecule has 0 radical (unpaired) electrons. The number of ether oxygens (including phenoxy) is 2. The zero-order chi connectivity index (χ0) is 33.9. The maximum absolute atomic E-state index is 12.7. The summed E-state index contributed by atoms with van der Waals surface area (Å²) in [4.78, 5) is 12.7. The van der Waals surface area contributed by atoms with Crippen molar-refractivity contribution in [3.05, 3.63) is 65.7 Å². The molecule has 0 spiro atoms. The maximum atomic E-state index is 12.7. The Morgan fingerprint density at radius 3 is 2.29 bits per heavy atom. The average molecular weight is 718 g/mol. The largest absolute Gasteiger partial charge is 0.493 e. The van der Waals surface area contributed by atoms with Gasteiger partial charge in [0.25, 0.3) is 0 Å². The molecule has 9 atom stereocenters. The number of benzene rings is 2. The second-order valence-corrected chi connectivity index (χ2v) is 17.8.